The average Bonchev–Trinajstić information content (AvgIpc) is 4.04. The Kier molecular flexibility index (Phi) is 15.0. The fourth-order valence-electron chi connectivity index (χ4n) is 5.67. The minimum atomic E-state index is -0.184. The summed E-state index contributed by atoms with van der Waals surface area (Å²) in [5, 5.41) is 2.49. The van der Waals surface area contributed by atoms with Gasteiger partial charge < -0.3 is 29.8 Å². The van der Waals surface area contributed by atoms with Crippen LogP contribution in [0.5, 0.6) is 0 Å². The fraction of sp³-hybridized carbons (Fsp3) is 0.350. The van der Waals surface area contributed by atoms with Crippen molar-refractivity contribution in [1.29, 1.82) is 0 Å². The topological polar surface area (TPSA) is 154 Å². The summed E-state index contributed by atoms with van der Waals surface area (Å²) in [6.45, 7) is 9.56. The molecule has 6 heterocycles. The third-order valence-electron chi connectivity index (χ3n) is 8.43. The maximum Gasteiger partial charge on any atom is 0.410 e. The van der Waals surface area contributed by atoms with E-state index in [1.54, 1.807) is 40.0 Å². The first-order valence-electron chi connectivity index (χ1n) is 18.4. The standard InChI is InChI=1S/C17H12N6S.C12H15NO2.C8H14N2O2.C3H8/c1-3-12(4-2-11(1)13-5-18-9-20-13)16-8-23-7-15(22-17(23)24-16)14-6-19-10-21-14;14-12(13-8-4-5-9-13)15-10-11-6-2-1-3-7-11;1-7(11)9-6-8(12)10-4-2-3-5-10;1-3-2/h1-10H,(H,18,20)(H,19,21);1-3,6-7H,4-5,8-10H2;2-6H2,1H3,(H,9,11);3H2,1-2H3. The molecule has 2 saturated heterocycles. The summed E-state index contributed by atoms with van der Waals surface area (Å²) in [6, 6.07) is 18.2. The number of aromatic nitrogens is 6. The number of hydrogen-bond donors (Lipinski definition) is 3. The van der Waals surface area contributed by atoms with E-state index in [1.165, 1.54) is 23.8 Å². The van der Waals surface area contributed by atoms with Crippen LogP contribution in [0, 0.1) is 0 Å². The van der Waals surface area contributed by atoms with Crippen LogP contribution in [0.1, 0.15) is 58.4 Å². The number of likely N-dealkylation sites (tertiary alicyclic amines) is 2. The monoisotopic (exact) mass is 751 g/mol. The summed E-state index contributed by atoms with van der Waals surface area (Å²) in [7, 11) is 0. The van der Waals surface area contributed by atoms with Crippen molar-refractivity contribution in [3.8, 4) is 33.1 Å². The zero-order valence-corrected chi connectivity index (χ0v) is 32.0. The van der Waals surface area contributed by atoms with Gasteiger partial charge in [0.25, 0.3) is 0 Å². The van der Waals surface area contributed by atoms with E-state index >= 15 is 0 Å². The molecule has 54 heavy (non-hydrogen) atoms. The SMILES string of the molecule is CC(=O)NCC(=O)N1CCCC1.CCC.O=C(OCc1ccccc1)N1CCCC1.c1ncc(-c2ccc(-c3cn4cc(-c5cnc[nH]5)nc4s3)cc2)[nH]1. The lowest BCUT2D eigenvalue weighted by atomic mass is 10.1. The van der Waals surface area contributed by atoms with Crippen LogP contribution in [0.3, 0.4) is 0 Å². The molecule has 0 bridgehead atoms. The van der Waals surface area contributed by atoms with E-state index in [9.17, 15) is 14.4 Å². The molecule has 6 aromatic rings. The van der Waals surface area contributed by atoms with Crippen LogP contribution in [0.4, 0.5) is 4.79 Å². The highest BCUT2D eigenvalue weighted by Crippen LogP contribution is 2.31. The van der Waals surface area contributed by atoms with Crippen LogP contribution < -0.4 is 5.32 Å². The highest BCUT2D eigenvalue weighted by Gasteiger charge is 2.19. The van der Waals surface area contributed by atoms with E-state index < -0.39 is 0 Å². The number of carbonyl (C=O) groups excluding carboxylic acids is 3. The maximum atomic E-state index is 11.5. The molecule has 0 unspecified atom stereocenters. The van der Waals surface area contributed by atoms with Gasteiger partial charge in [-0.2, -0.15) is 0 Å². The lowest BCUT2D eigenvalue weighted by Gasteiger charge is -2.14. The minimum absolute atomic E-state index is 0.0303. The second-order valence-corrected chi connectivity index (χ2v) is 13.9. The number of fused-ring (bicyclic) bond motifs is 1. The van der Waals surface area contributed by atoms with Crippen molar-refractivity contribution in [3.63, 3.8) is 0 Å². The normalized spacial score (nSPS) is 13.2. The number of H-pyrrole nitrogens is 2. The Morgan fingerprint density at radius 1 is 0.796 bits per heavy atom. The molecule has 14 heteroatoms. The van der Waals surface area contributed by atoms with Crippen molar-refractivity contribution < 1.29 is 19.1 Å². The molecule has 2 fully saturated rings. The smallest absolute Gasteiger partial charge is 0.410 e. The molecule has 2 aliphatic rings. The number of aromatic amines is 2. The molecule has 0 atom stereocenters. The van der Waals surface area contributed by atoms with Crippen molar-refractivity contribution in [2.75, 3.05) is 32.7 Å². The molecule has 2 aliphatic heterocycles. The Morgan fingerprint density at radius 2 is 1.39 bits per heavy atom. The summed E-state index contributed by atoms with van der Waals surface area (Å²) < 4.78 is 7.25. The third-order valence-corrected chi connectivity index (χ3v) is 9.47. The lowest BCUT2D eigenvalue weighted by Crippen LogP contribution is -2.37. The van der Waals surface area contributed by atoms with E-state index in [0.29, 0.717) is 6.61 Å². The molecule has 0 aliphatic carbocycles. The highest BCUT2D eigenvalue weighted by molar-refractivity contribution is 7.20. The molecule has 0 saturated carbocycles. The van der Waals surface area contributed by atoms with E-state index in [1.807, 2.05) is 42.7 Å². The van der Waals surface area contributed by atoms with Crippen molar-refractivity contribution in [2.24, 2.45) is 0 Å². The molecule has 3 amide bonds. The summed E-state index contributed by atoms with van der Waals surface area (Å²) in [5.41, 5.74) is 6.18. The highest BCUT2D eigenvalue weighted by atomic mass is 32.1. The van der Waals surface area contributed by atoms with Crippen LogP contribution in [0.15, 0.2) is 92.0 Å². The third kappa shape index (κ3) is 11.6. The van der Waals surface area contributed by atoms with Crippen molar-refractivity contribution >= 4 is 34.2 Å². The Morgan fingerprint density at radius 3 is 1.96 bits per heavy atom. The summed E-state index contributed by atoms with van der Waals surface area (Å²) in [5.74, 6) is -0.120. The second kappa shape index (κ2) is 20.5. The van der Waals surface area contributed by atoms with Crippen molar-refractivity contribution in [1.82, 2.24) is 44.4 Å². The number of benzene rings is 2. The number of imidazole rings is 3. The quantitative estimate of drug-likeness (QED) is 0.153. The Balaban J connectivity index is 0.000000161. The molecule has 0 radical (unpaired) electrons. The zero-order chi connectivity index (χ0) is 38.1. The van der Waals surface area contributed by atoms with Gasteiger partial charge in [-0.15, -0.1) is 0 Å². The van der Waals surface area contributed by atoms with Crippen LogP contribution in [0.2, 0.25) is 0 Å². The molecule has 0 spiro atoms. The van der Waals surface area contributed by atoms with Gasteiger partial charge in [0, 0.05) is 45.5 Å². The molecular formula is C40H49N9O4S. The van der Waals surface area contributed by atoms with Gasteiger partial charge in [0.15, 0.2) is 4.96 Å². The first kappa shape index (κ1) is 39.4. The van der Waals surface area contributed by atoms with Crippen LogP contribution >= 0.6 is 11.3 Å². The van der Waals surface area contributed by atoms with Crippen molar-refractivity contribution in [2.45, 2.75) is 59.5 Å². The Labute approximate surface area is 319 Å². The maximum absolute atomic E-state index is 11.5. The first-order chi connectivity index (χ1) is 26.3. The van der Waals surface area contributed by atoms with Gasteiger partial charge in [0.2, 0.25) is 11.8 Å². The Hall–Kier alpha value is -5.76. The summed E-state index contributed by atoms with van der Waals surface area (Å²) in [6.07, 6.45) is 16.5. The van der Waals surface area contributed by atoms with Gasteiger partial charge in [0.05, 0.1) is 47.9 Å². The lowest BCUT2D eigenvalue weighted by molar-refractivity contribution is -0.131. The van der Waals surface area contributed by atoms with Gasteiger partial charge in [-0.1, -0.05) is 86.2 Å². The number of thiazole rings is 1. The van der Waals surface area contributed by atoms with Gasteiger partial charge in [-0.25, -0.2) is 19.7 Å². The molecular weight excluding hydrogens is 703 g/mol. The van der Waals surface area contributed by atoms with Crippen LogP contribution in [-0.2, 0) is 20.9 Å². The predicted molar refractivity (Wildman–Crippen MR) is 212 cm³/mol. The number of nitrogens with one attached hydrogen (secondary N) is 3. The van der Waals surface area contributed by atoms with E-state index in [0.717, 1.165) is 85.0 Å². The molecule has 13 nitrogen and oxygen atoms in total. The first-order valence-corrected chi connectivity index (χ1v) is 19.2. The summed E-state index contributed by atoms with van der Waals surface area (Å²) in [4.78, 5) is 57.9. The van der Waals surface area contributed by atoms with Gasteiger partial charge in [-0.05, 0) is 42.4 Å². The van der Waals surface area contributed by atoms with Crippen molar-refractivity contribution in [3.05, 3.63) is 97.6 Å². The van der Waals surface area contributed by atoms with E-state index in [-0.39, 0.29) is 24.5 Å². The molecule has 284 valence electrons. The number of amides is 3. The van der Waals surface area contributed by atoms with Gasteiger partial charge in [-0.3, -0.25) is 14.0 Å². The largest absolute Gasteiger partial charge is 0.445 e. The molecule has 3 N–H and O–H groups in total. The fourth-order valence-corrected chi connectivity index (χ4v) is 6.64. The van der Waals surface area contributed by atoms with E-state index in [4.69, 9.17) is 4.74 Å². The van der Waals surface area contributed by atoms with E-state index in [2.05, 4.69) is 78.9 Å². The zero-order valence-electron chi connectivity index (χ0n) is 31.2. The van der Waals surface area contributed by atoms with Gasteiger partial charge >= 0.3 is 6.09 Å². The minimum Gasteiger partial charge on any atom is -0.445 e. The van der Waals surface area contributed by atoms with Crippen LogP contribution in [-0.4, -0.2) is 89.8 Å². The van der Waals surface area contributed by atoms with Gasteiger partial charge in [0.1, 0.15) is 12.3 Å². The number of hydrogen-bond acceptors (Lipinski definition) is 8. The number of ether oxygens (including phenoxy) is 1. The number of nitrogens with zero attached hydrogens (tertiary/aromatic N) is 6. The predicted octanol–water partition coefficient (Wildman–Crippen LogP) is 7.42. The molecule has 8 rings (SSSR count). The average molecular weight is 752 g/mol. The molecule has 2 aromatic carbocycles. The molecule has 4 aromatic heterocycles. The number of carbonyl (C=O) groups is 3. The summed E-state index contributed by atoms with van der Waals surface area (Å²) >= 11 is 1.67. The Bertz CT molecular complexity index is 1960. The van der Waals surface area contributed by atoms with Crippen LogP contribution in [0.25, 0.3) is 38.0 Å². The number of rotatable bonds is 7. The second-order valence-electron chi connectivity index (χ2n) is 12.9.